The third-order valence-corrected chi connectivity index (χ3v) is 8.84. The van der Waals surface area contributed by atoms with Crippen molar-refractivity contribution < 1.29 is 29.0 Å². The summed E-state index contributed by atoms with van der Waals surface area (Å²) < 4.78 is 12.8. The minimum absolute atomic E-state index is 0.0638. The highest BCUT2D eigenvalue weighted by Crippen LogP contribution is 2.39. The van der Waals surface area contributed by atoms with E-state index in [9.17, 15) is 19.5 Å². The zero-order valence-electron chi connectivity index (χ0n) is 27.9. The average Bonchev–Trinajstić information content (AvgIpc) is 3.22. The highest BCUT2D eigenvalue weighted by molar-refractivity contribution is 6.37. The molecule has 0 saturated carbocycles. The van der Waals surface area contributed by atoms with Crippen molar-refractivity contribution in [1.82, 2.24) is 20.0 Å². The van der Waals surface area contributed by atoms with Crippen LogP contribution in [0.1, 0.15) is 83.7 Å². The van der Waals surface area contributed by atoms with Crippen LogP contribution in [0.4, 0.5) is 4.79 Å². The minimum atomic E-state index is -1.14. The molecule has 2 heterocycles. The Morgan fingerprint density at radius 3 is 2.39 bits per heavy atom. The van der Waals surface area contributed by atoms with Gasteiger partial charge in [-0.15, -0.1) is 0 Å². The summed E-state index contributed by atoms with van der Waals surface area (Å²) in [5.74, 6) is -1.18. The van der Waals surface area contributed by atoms with Crippen molar-refractivity contribution in [3.8, 4) is 0 Å². The molecule has 1 aromatic heterocycles. The number of aryl methyl sites for hydroxylation is 1. The molecule has 2 N–H and O–H groups in total. The molecule has 3 atom stereocenters. The second-order valence-corrected chi connectivity index (χ2v) is 14.5. The Kier molecular flexibility index (Phi) is 10.4. The smallest absolute Gasteiger partial charge is 0.408 e. The zero-order chi connectivity index (χ0) is 34.3. The molecule has 4 rings (SSSR count). The van der Waals surface area contributed by atoms with Crippen molar-refractivity contribution in [3.05, 3.63) is 62.8 Å². The number of nitrogens with zero attached hydrogens (tertiary/aromatic N) is 3. The van der Waals surface area contributed by atoms with Crippen LogP contribution in [0.3, 0.4) is 0 Å². The molecule has 3 aromatic rings. The molecule has 46 heavy (non-hydrogen) atoms. The molecule has 0 fully saturated rings. The molecule has 10 nitrogen and oxygen atoms in total. The van der Waals surface area contributed by atoms with Crippen molar-refractivity contribution in [2.45, 2.75) is 97.6 Å². The van der Waals surface area contributed by atoms with Gasteiger partial charge in [-0.05, 0) is 88.3 Å². The van der Waals surface area contributed by atoms with E-state index >= 15 is 0 Å². The number of carbonyl (C=O) groups excluding carboxylic acids is 3. The van der Waals surface area contributed by atoms with E-state index in [-0.39, 0.29) is 30.0 Å². The van der Waals surface area contributed by atoms with Crippen LogP contribution in [0.5, 0.6) is 0 Å². The quantitative estimate of drug-likeness (QED) is 0.271. The molecule has 1 aliphatic rings. The zero-order valence-corrected chi connectivity index (χ0v) is 29.4. The number of esters is 1. The first-order valence-electron chi connectivity index (χ1n) is 15.4. The Balaban J connectivity index is 1.68. The molecule has 0 spiro atoms. The van der Waals surface area contributed by atoms with Gasteiger partial charge in [0.2, 0.25) is 5.91 Å². The molecular formula is C34H44Cl2N4O6. The van der Waals surface area contributed by atoms with E-state index in [0.29, 0.717) is 22.4 Å². The van der Waals surface area contributed by atoms with E-state index < -0.39 is 41.4 Å². The number of halogens is 2. The summed E-state index contributed by atoms with van der Waals surface area (Å²) >= 11 is 13.1. The third-order valence-electron chi connectivity index (χ3n) is 8.23. The Hall–Kier alpha value is -3.34. The Morgan fingerprint density at radius 1 is 1.11 bits per heavy atom. The van der Waals surface area contributed by atoms with Crippen molar-refractivity contribution in [3.63, 3.8) is 0 Å². The lowest BCUT2D eigenvalue weighted by atomic mass is 9.81. The number of carbonyl (C=O) groups is 3. The van der Waals surface area contributed by atoms with Crippen LogP contribution in [-0.4, -0.2) is 62.0 Å². The first-order chi connectivity index (χ1) is 21.3. The van der Waals surface area contributed by atoms with Gasteiger partial charge in [-0.3, -0.25) is 9.48 Å². The molecule has 0 aliphatic carbocycles. The number of aromatic nitrogens is 2. The maximum absolute atomic E-state index is 14.3. The highest BCUT2D eigenvalue weighted by atomic mass is 35.5. The maximum atomic E-state index is 14.3. The number of hydrogen-bond donors (Lipinski definition) is 2. The van der Waals surface area contributed by atoms with E-state index in [1.807, 2.05) is 25.1 Å². The maximum Gasteiger partial charge on any atom is 0.408 e. The van der Waals surface area contributed by atoms with Crippen LogP contribution in [0.25, 0.3) is 10.9 Å². The molecule has 2 amide bonds. The summed E-state index contributed by atoms with van der Waals surface area (Å²) in [7, 11) is 1.77. The standard InChI is InChI=1S/C34H44Cl2N4O6/c1-18(2)29(37-32(43)46-33(4,5)6)31(42)45-17-20-15-22-21(11-10-12-24(22)34(7,8)44)19(3)40(20)27(41)16-23-25(35)13-14-26-28(23)30(36)38-39(26)9/h10-14,18-20,29,44H,15-17H2,1-9H3,(H,37,43)/t19-,20+,29-/m0/s1. The number of aliphatic hydroxyl groups is 1. The van der Waals surface area contributed by atoms with E-state index in [1.54, 1.807) is 77.2 Å². The predicted molar refractivity (Wildman–Crippen MR) is 178 cm³/mol. The fraction of sp³-hybridized carbons (Fsp3) is 0.529. The van der Waals surface area contributed by atoms with E-state index in [0.717, 1.165) is 22.2 Å². The number of amides is 2. The van der Waals surface area contributed by atoms with Gasteiger partial charge in [0.1, 0.15) is 18.2 Å². The monoisotopic (exact) mass is 674 g/mol. The van der Waals surface area contributed by atoms with Gasteiger partial charge in [-0.25, -0.2) is 9.59 Å². The SMILES string of the molecule is CC(C)[C@H](NC(=O)OC(C)(C)C)C(=O)OC[C@H]1Cc2c(cccc2C(C)(C)O)[C@H](C)N1C(=O)Cc1c(Cl)ccc2c1c(Cl)nn2C. The molecule has 0 radical (unpaired) electrons. The van der Waals surface area contributed by atoms with Gasteiger partial charge in [0.25, 0.3) is 0 Å². The number of fused-ring (bicyclic) bond motifs is 2. The molecule has 0 saturated heterocycles. The van der Waals surface area contributed by atoms with Gasteiger partial charge in [0, 0.05) is 17.5 Å². The van der Waals surface area contributed by atoms with Gasteiger partial charge < -0.3 is 24.8 Å². The lowest BCUT2D eigenvalue weighted by Gasteiger charge is -2.43. The van der Waals surface area contributed by atoms with Crippen LogP contribution in [-0.2, 0) is 44.6 Å². The molecule has 1 aliphatic heterocycles. The van der Waals surface area contributed by atoms with Crippen molar-refractivity contribution in [1.29, 1.82) is 0 Å². The minimum Gasteiger partial charge on any atom is -0.462 e. The lowest BCUT2D eigenvalue weighted by molar-refractivity contribution is -0.153. The number of benzene rings is 2. The van der Waals surface area contributed by atoms with Crippen molar-refractivity contribution in [2.24, 2.45) is 13.0 Å². The van der Waals surface area contributed by atoms with E-state index in [2.05, 4.69) is 10.4 Å². The van der Waals surface area contributed by atoms with Crippen molar-refractivity contribution in [2.75, 3.05) is 6.61 Å². The normalized spacial score (nSPS) is 17.5. The molecule has 0 unspecified atom stereocenters. The van der Waals surface area contributed by atoms with Crippen LogP contribution in [0.15, 0.2) is 30.3 Å². The number of ether oxygens (including phenoxy) is 2. The van der Waals surface area contributed by atoms with Crippen LogP contribution in [0, 0.1) is 5.92 Å². The second kappa shape index (κ2) is 13.4. The molecule has 2 aromatic carbocycles. The summed E-state index contributed by atoms with van der Waals surface area (Å²) in [4.78, 5) is 41.9. The van der Waals surface area contributed by atoms with Crippen LogP contribution >= 0.6 is 23.2 Å². The predicted octanol–water partition coefficient (Wildman–Crippen LogP) is 6.26. The highest BCUT2D eigenvalue weighted by Gasteiger charge is 2.39. The van der Waals surface area contributed by atoms with Gasteiger partial charge >= 0.3 is 12.1 Å². The summed E-state index contributed by atoms with van der Waals surface area (Å²) in [5, 5.41) is 19.2. The Labute approximate surface area is 280 Å². The van der Waals surface area contributed by atoms with Crippen LogP contribution < -0.4 is 5.32 Å². The molecule has 0 bridgehead atoms. The van der Waals surface area contributed by atoms with E-state index in [1.165, 1.54) is 0 Å². The fourth-order valence-electron chi connectivity index (χ4n) is 6.12. The second-order valence-electron chi connectivity index (χ2n) is 13.8. The van der Waals surface area contributed by atoms with Crippen LogP contribution in [0.2, 0.25) is 10.2 Å². The number of rotatable bonds is 8. The van der Waals surface area contributed by atoms with Gasteiger partial charge in [0.15, 0.2) is 5.15 Å². The summed E-state index contributed by atoms with van der Waals surface area (Å²) in [6.07, 6.45) is -0.461. The Morgan fingerprint density at radius 2 is 1.78 bits per heavy atom. The first-order valence-corrected chi connectivity index (χ1v) is 16.2. The topological polar surface area (TPSA) is 123 Å². The summed E-state index contributed by atoms with van der Waals surface area (Å²) in [5.41, 5.74) is 1.95. The lowest BCUT2D eigenvalue weighted by Crippen LogP contribution is -2.52. The van der Waals surface area contributed by atoms with Gasteiger partial charge in [-0.2, -0.15) is 5.10 Å². The van der Waals surface area contributed by atoms with Gasteiger partial charge in [0.05, 0.1) is 29.6 Å². The molecule has 12 heteroatoms. The number of nitrogens with one attached hydrogen (secondary N) is 1. The van der Waals surface area contributed by atoms with Gasteiger partial charge in [-0.1, -0.05) is 55.2 Å². The van der Waals surface area contributed by atoms with E-state index in [4.69, 9.17) is 32.7 Å². The average molecular weight is 676 g/mol. The third kappa shape index (κ3) is 7.61. The largest absolute Gasteiger partial charge is 0.462 e. The summed E-state index contributed by atoms with van der Waals surface area (Å²) in [6.45, 7) is 14.0. The van der Waals surface area contributed by atoms with Crippen molar-refractivity contribution >= 4 is 52.1 Å². The number of alkyl carbamates (subject to hydrolysis) is 1. The molecule has 250 valence electrons. The number of hydrogen-bond acceptors (Lipinski definition) is 7. The fourth-order valence-corrected chi connectivity index (χ4v) is 6.67. The first kappa shape index (κ1) is 35.5. The summed E-state index contributed by atoms with van der Waals surface area (Å²) in [6, 6.07) is 7.24. The Bertz CT molecular complexity index is 1640. The molecular weight excluding hydrogens is 631 g/mol.